The number of aromatic nitrogens is 1. The molecule has 0 amide bonds. The van der Waals surface area contributed by atoms with Gasteiger partial charge in [-0.15, -0.1) is 11.3 Å². The molecule has 0 radical (unpaired) electrons. The lowest BCUT2D eigenvalue weighted by molar-refractivity contribution is 0.0692. The normalized spacial score (nSPS) is 10.2. The van der Waals surface area contributed by atoms with Gasteiger partial charge in [-0.25, -0.2) is 9.78 Å². The van der Waals surface area contributed by atoms with E-state index in [4.69, 9.17) is 5.11 Å². The third-order valence-electron chi connectivity index (χ3n) is 2.21. The smallest absolute Gasteiger partial charge is 0.357 e. The lowest BCUT2D eigenvalue weighted by Gasteiger charge is -2.08. The number of benzene rings is 1. The molecule has 0 fully saturated rings. The second-order valence-corrected chi connectivity index (χ2v) is 5.19. The molecule has 17 heavy (non-hydrogen) atoms. The van der Waals surface area contributed by atoms with Gasteiger partial charge in [-0.1, -0.05) is 15.9 Å². The van der Waals surface area contributed by atoms with Crippen LogP contribution in [0.1, 0.15) is 16.1 Å². The zero-order chi connectivity index (χ0) is 12.4. The summed E-state index contributed by atoms with van der Waals surface area (Å²) in [6.07, 6.45) is 0. The van der Waals surface area contributed by atoms with Crippen LogP contribution in [0.5, 0.6) is 0 Å². The van der Waals surface area contributed by atoms with Gasteiger partial charge in [0.05, 0.1) is 5.51 Å². The van der Waals surface area contributed by atoms with E-state index < -0.39 is 5.97 Å². The SMILES string of the molecule is Cc1cc(Br)ccc1Nc1scnc1C(=O)O. The van der Waals surface area contributed by atoms with Gasteiger partial charge < -0.3 is 10.4 Å². The zero-order valence-electron chi connectivity index (χ0n) is 8.90. The Morgan fingerprint density at radius 3 is 2.94 bits per heavy atom. The minimum absolute atomic E-state index is 0.0531. The average Bonchev–Trinajstić information content (AvgIpc) is 2.70. The molecule has 4 nitrogen and oxygen atoms in total. The lowest BCUT2D eigenvalue weighted by atomic mass is 10.2. The number of hydrogen-bond acceptors (Lipinski definition) is 4. The molecule has 0 aliphatic heterocycles. The maximum atomic E-state index is 10.9. The van der Waals surface area contributed by atoms with Crippen LogP contribution in [0.15, 0.2) is 28.2 Å². The predicted octanol–water partition coefficient (Wildman–Crippen LogP) is 3.66. The summed E-state index contributed by atoms with van der Waals surface area (Å²) < 4.78 is 0.989. The molecule has 0 saturated carbocycles. The molecular formula is C11H9BrN2O2S. The number of carboxylic acid groups (broad SMARTS) is 1. The summed E-state index contributed by atoms with van der Waals surface area (Å²) >= 11 is 4.65. The predicted molar refractivity (Wildman–Crippen MR) is 71.2 cm³/mol. The Morgan fingerprint density at radius 1 is 1.53 bits per heavy atom. The van der Waals surface area contributed by atoms with Crippen LogP contribution in [-0.2, 0) is 0 Å². The highest BCUT2D eigenvalue weighted by Crippen LogP contribution is 2.28. The number of anilines is 2. The highest BCUT2D eigenvalue weighted by molar-refractivity contribution is 9.10. The van der Waals surface area contributed by atoms with Crippen molar-refractivity contribution in [1.82, 2.24) is 4.98 Å². The van der Waals surface area contributed by atoms with Crippen molar-refractivity contribution in [2.24, 2.45) is 0 Å². The third kappa shape index (κ3) is 2.65. The summed E-state index contributed by atoms with van der Waals surface area (Å²) in [5, 5.41) is 12.6. The Labute approximate surface area is 110 Å². The quantitative estimate of drug-likeness (QED) is 0.908. The van der Waals surface area contributed by atoms with Crippen molar-refractivity contribution in [2.75, 3.05) is 5.32 Å². The van der Waals surface area contributed by atoms with Crippen LogP contribution in [0.25, 0.3) is 0 Å². The van der Waals surface area contributed by atoms with Crippen LogP contribution < -0.4 is 5.32 Å². The van der Waals surface area contributed by atoms with Gasteiger partial charge in [0.1, 0.15) is 5.00 Å². The highest BCUT2D eigenvalue weighted by Gasteiger charge is 2.14. The van der Waals surface area contributed by atoms with Gasteiger partial charge in [-0.3, -0.25) is 0 Å². The fourth-order valence-electron chi connectivity index (χ4n) is 1.38. The number of carbonyl (C=O) groups is 1. The first-order valence-electron chi connectivity index (χ1n) is 4.78. The van der Waals surface area contributed by atoms with Crippen LogP contribution in [0, 0.1) is 6.92 Å². The van der Waals surface area contributed by atoms with Crippen molar-refractivity contribution in [3.05, 3.63) is 39.4 Å². The number of aryl methyl sites for hydroxylation is 1. The Kier molecular flexibility index (Phi) is 3.44. The van der Waals surface area contributed by atoms with Crippen molar-refractivity contribution >= 4 is 43.9 Å². The van der Waals surface area contributed by atoms with Crippen LogP contribution in [0.4, 0.5) is 10.7 Å². The number of carboxylic acids is 1. The molecule has 0 spiro atoms. The Morgan fingerprint density at radius 2 is 2.29 bits per heavy atom. The molecule has 0 aliphatic rings. The van der Waals surface area contributed by atoms with Crippen LogP contribution in [-0.4, -0.2) is 16.1 Å². The maximum Gasteiger partial charge on any atom is 0.357 e. The third-order valence-corrected chi connectivity index (χ3v) is 3.44. The highest BCUT2D eigenvalue weighted by atomic mass is 79.9. The van der Waals surface area contributed by atoms with Crippen molar-refractivity contribution in [2.45, 2.75) is 6.92 Å². The van der Waals surface area contributed by atoms with E-state index in [1.54, 1.807) is 0 Å². The topological polar surface area (TPSA) is 62.2 Å². The van der Waals surface area contributed by atoms with E-state index in [-0.39, 0.29) is 5.69 Å². The summed E-state index contributed by atoms with van der Waals surface area (Å²) in [5.41, 5.74) is 3.47. The molecule has 1 heterocycles. The molecule has 2 rings (SSSR count). The van der Waals surface area contributed by atoms with Crippen molar-refractivity contribution < 1.29 is 9.90 Å². The molecule has 88 valence electrons. The molecule has 0 unspecified atom stereocenters. The number of aromatic carboxylic acids is 1. The number of rotatable bonds is 3. The summed E-state index contributed by atoms with van der Waals surface area (Å²) in [6, 6.07) is 5.76. The summed E-state index contributed by atoms with van der Waals surface area (Å²) in [4.78, 5) is 14.7. The summed E-state index contributed by atoms with van der Waals surface area (Å²) in [6.45, 7) is 1.95. The van der Waals surface area contributed by atoms with Gasteiger partial charge in [0.25, 0.3) is 0 Å². The molecule has 2 N–H and O–H groups in total. The van der Waals surface area contributed by atoms with E-state index in [1.807, 2.05) is 25.1 Å². The number of nitrogens with one attached hydrogen (secondary N) is 1. The fraction of sp³-hybridized carbons (Fsp3) is 0.0909. The van der Waals surface area contributed by atoms with Gasteiger partial charge in [0.15, 0.2) is 5.69 Å². The minimum atomic E-state index is -1.02. The molecule has 0 aliphatic carbocycles. The van der Waals surface area contributed by atoms with Gasteiger partial charge in [0, 0.05) is 10.2 Å². The molecule has 2 aromatic rings. The van der Waals surface area contributed by atoms with Crippen molar-refractivity contribution in [1.29, 1.82) is 0 Å². The molecule has 1 aromatic heterocycles. The first-order chi connectivity index (χ1) is 8.08. The Hall–Kier alpha value is -1.40. The number of thiazole rings is 1. The van der Waals surface area contributed by atoms with Gasteiger partial charge in [0.2, 0.25) is 0 Å². The van der Waals surface area contributed by atoms with E-state index >= 15 is 0 Å². The number of halogens is 1. The average molecular weight is 313 g/mol. The maximum absolute atomic E-state index is 10.9. The van der Waals surface area contributed by atoms with E-state index in [0.717, 1.165) is 15.7 Å². The first-order valence-corrected chi connectivity index (χ1v) is 6.45. The van der Waals surface area contributed by atoms with Crippen molar-refractivity contribution in [3.8, 4) is 0 Å². The van der Waals surface area contributed by atoms with E-state index in [2.05, 4.69) is 26.2 Å². The fourth-order valence-corrected chi connectivity index (χ4v) is 2.54. The first kappa shape index (κ1) is 12.1. The van der Waals surface area contributed by atoms with Gasteiger partial charge in [-0.05, 0) is 30.7 Å². The zero-order valence-corrected chi connectivity index (χ0v) is 11.3. The molecule has 1 aromatic carbocycles. The van der Waals surface area contributed by atoms with E-state index in [9.17, 15) is 4.79 Å². The number of hydrogen-bond donors (Lipinski definition) is 2. The van der Waals surface area contributed by atoms with Crippen LogP contribution in [0.2, 0.25) is 0 Å². The minimum Gasteiger partial charge on any atom is -0.476 e. The van der Waals surface area contributed by atoms with E-state index in [0.29, 0.717) is 5.00 Å². The second kappa shape index (κ2) is 4.85. The molecule has 0 saturated heterocycles. The summed E-state index contributed by atoms with van der Waals surface area (Å²) in [5.74, 6) is -1.02. The van der Waals surface area contributed by atoms with Gasteiger partial charge >= 0.3 is 5.97 Å². The Balaban J connectivity index is 2.31. The molecule has 0 atom stereocenters. The molecule has 6 heteroatoms. The van der Waals surface area contributed by atoms with E-state index in [1.165, 1.54) is 16.8 Å². The van der Waals surface area contributed by atoms with Crippen molar-refractivity contribution in [3.63, 3.8) is 0 Å². The molecular weight excluding hydrogens is 304 g/mol. The van der Waals surface area contributed by atoms with Crippen LogP contribution in [0.3, 0.4) is 0 Å². The second-order valence-electron chi connectivity index (χ2n) is 3.42. The largest absolute Gasteiger partial charge is 0.476 e. The lowest BCUT2D eigenvalue weighted by Crippen LogP contribution is -2.01. The Bertz CT molecular complexity index is 568. The van der Waals surface area contributed by atoms with Crippen LogP contribution >= 0.6 is 27.3 Å². The standard InChI is InChI=1S/C11H9BrN2O2S/c1-6-4-7(12)2-3-8(6)14-10-9(11(15)16)13-5-17-10/h2-5,14H,1H3,(H,15,16). The summed E-state index contributed by atoms with van der Waals surface area (Å²) in [7, 11) is 0. The number of nitrogens with zero attached hydrogens (tertiary/aromatic N) is 1. The monoisotopic (exact) mass is 312 g/mol. The molecule has 0 bridgehead atoms. The van der Waals surface area contributed by atoms with Gasteiger partial charge in [-0.2, -0.15) is 0 Å².